The monoisotopic (exact) mass is 284 g/mol. The lowest BCUT2D eigenvalue weighted by Crippen LogP contribution is -2.16. The number of nitrogens with one attached hydrogen (secondary N) is 1. The Balaban J connectivity index is 1.96. The van der Waals surface area contributed by atoms with E-state index in [1.165, 1.54) is 12.1 Å². The molecule has 2 aromatic heterocycles. The number of rotatable bonds is 2. The molecule has 21 heavy (non-hydrogen) atoms. The first-order chi connectivity index (χ1) is 10.0. The fourth-order valence-corrected chi connectivity index (χ4v) is 2.10. The lowest BCUT2D eigenvalue weighted by atomic mass is 10.2. The first-order valence-corrected chi connectivity index (χ1v) is 6.44. The van der Waals surface area contributed by atoms with Gasteiger partial charge in [-0.05, 0) is 32.0 Å². The van der Waals surface area contributed by atoms with Gasteiger partial charge in [0, 0.05) is 11.8 Å². The van der Waals surface area contributed by atoms with Crippen LogP contribution in [0.15, 0.2) is 36.4 Å². The molecule has 0 fully saturated rings. The Labute approximate surface area is 120 Å². The summed E-state index contributed by atoms with van der Waals surface area (Å²) >= 11 is 0. The second-order valence-corrected chi connectivity index (χ2v) is 4.77. The van der Waals surface area contributed by atoms with Crippen LogP contribution in [0, 0.1) is 19.7 Å². The number of para-hydroxylation sites is 1. The van der Waals surface area contributed by atoms with Crippen molar-refractivity contribution in [2.45, 2.75) is 13.8 Å². The van der Waals surface area contributed by atoms with Gasteiger partial charge in [0.05, 0.1) is 11.4 Å². The van der Waals surface area contributed by atoms with E-state index in [2.05, 4.69) is 15.4 Å². The Bertz CT molecular complexity index is 841. The Morgan fingerprint density at radius 2 is 2.00 bits per heavy atom. The molecule has 106 valence electrons. The van der Waals surface area contributed by atoms with Crippen LogP contribution in [0.1, 0.15) is 21.9 Å². The number of aryl methyl sites for hydroxylation is 2. The van der Waals surface area contributed by atoms with Crippen LogP contribution in [0.4, 0.5) is 10.1 Å². The maximum atomic E-state index is 13.6. The summed E-state index contributed by atoms with van der Waals surface area (Å²) in [6.45, 7) is 3.69. The molecule has 2 heterocycles. The summed E-state index contributed by atoms with van der Waals surface area (Å²) in [5.41, 5.74) is 2.55. The minimum Gasteiger partial charge on any atom is -0.318 e. The highest BCUT2D eigenvalue weighted by molar-refractivity contribution is 6.03. The van der Waals surface area contributed by atoms with Gasteiger partial charge in [0.25, 0.3) is 5.91 Å². The lowest BCUT2D eigenvalue weighted by molar-refractivity contribution is 0.102. The summed E-state index contributed by atoms with van der Waals surface area (Å²) in [7, 11) is 0. The number of aromatic nitrogens is 3. The van der Waals surface area contributed by atoms with Crippen LogP contribution in [0.5, 0.6) is 0 Å². The molecule has 0 atom stereocenters. The zero-order valence-electron chi connectivity index (χ0n) is 11.6. The predicted molar refractivity (Wildman–Crippen MR) is 76.8 cm³/mol. The number of hydrogen-bond acceptors (Lipinski definition) is 3. The third kappa shape index (κ3) is 2.47. The van der Waals surface area contributed by atoms with Gasteiger partial charge in [0.2, 0.25) is 0 Å². The van der Waals surface area contributed by atoms with Gasteiger partial charge < -0.3 is 5.32 Å². The van der Waals surface area contributed by atoms with Crippen molar-refractivity contribution in [2.24, 2.45) is 0 Å². The minimum absolute atomic E-state index is 0.131. The van der Waals surface area contributed by atoms with Crippen molar-refractivity contribution in [3.8, 4) is 0 Å². The summed E-state index contributed by atoms with van der Waals surface area (Å²) in [4.78, 5) is 16.4. The van der Waals surface area contributed by atoms with E-state index in [0.717, 1.165) is 11.4 Å². The number of amides is 1. The topological polar surface area (TPSA) is 59.3 Å². The van der Waals surface area contributed by atoms with Gasteiger partial charge in [-0.1, -0.05) is 12.1 Å². The second-order valence-electron chi connectivity index (χ2n) is 4.77. The van der Waals surface area contributed by atoms with Gasteiger partial charge in [0.15, 0.2) is 5.65 Å². The Hall–Kier alpha value is -2.76. The van der Waals surface area contributed by atoms with Gasteiger partial charge >= 0.3 is 0 Å². The number of hydrogen-bond donors (Lipinski definition) is 1. The van der Waals surface area contributed by atoms with Gasteiger partial charge in [-0.3, -0.25) is 4.79 Å². The van der Waals surface area contributed by atoms with Crippen LogP contribution in [-0.2, 0) is 0 Å². The van der Waals surface area contributed by atoms with E-state index in [1.807, 2.05) is 13.8 Å². The zero-order chi connectivity index (χ0) is 15.0. The maximum absolute atomic E-state index is 13.6. The summed E-state index contributed by atoms with van der Waals surface area (Å²) in [5.74, 6) is -0.937. The predicted octanol–water partition coefficient (Wildman–Crippen LogP) is 2.74. The number of nitrogens with zero attached hydrogens (tertiary/aromatic N) is 3. The molecule has 0 spiro atoms. The SMILES string of the molecule is Cc1cc2nc(C(=O)Nc3ccccc3F)cc(C)n2n1. The molecule has 0 aliphatic rings. The Morgan fingerprint density at radius 1 is 1.24 bits per heavy atom. The molecule has 3 aromatic rings. The molecular weight excluding hydrogens is 271 g/mol. The van der Waals surface area contributed by atoms with E-state index in [-0.39, 0.29) is 11.4 Å². The smallest absolute Gasteiger partial charge is 0.274 e. The highest BCUT2D eigenvalue weighted by Crippen LogP contribution is 2.15. The molecule has 0 saturated carbocycles. The maximum Gasteiger partial charge on any atom is 0.274 e. The number of anilines is 1. The average molecular weight is 284 g/mol. The molecule has 1 aromatic carbocycles. The van der Waals surface area contributed by atoms with E-state index in [0.29, 0.717) is 5.65 Å². The van der Waals surface area contributed by atoms with Crippen molar-refractivity contribution in [3.63, 3.8) is 0 Å². The lowest BCUT2D eigenvalue weighted by Gasteiger charge is -2.07. The Morgan fingerprint density at radius 3 is 2.76 bits per heavy atom. The number of fused-ring (bicyclic) bond motifs is 1. The standard InChI is InChI=1S/C15H13FN4O/c1-9-7-14-17-13(8-10(2)20(14)19-9)15(21)18-12-6-4-3-5-11(12)16/h3-8H,1-2H3,(H,18,21). The first kappa shape index (κ1) is 13.2. The molecule has 0 aliphatic carbocycles. The van der Waals surface area contributed by atoms with Gasteiger partial charge in [0.1, 0.15) is 11.5 Å². The van der Waals surface area contributed by atoms with E-state index in [1.54, 1.807) is 28.8 Å². The second kappa shape index (κ2) is 4.97. The van der Waals surface area contributed by atoms with Crippen LogP contribution >= 0.6 is 0 Å². The minimum atomic E-state index is -0.483. The molecule has 1 N–H and O–H groups in total. The van der Waals surface area contributed by atoms with E-state index in [4.69, 9.17) is 0 Å². The fraction of sp³-hybridized carbons (Fsp3) is 0.133. The summed E-state index contributed by atoms with van der Waals surface area (Å²) in [5, 5.41) is 6.79. The van der Waals surface area contributed by atoms with Crippen LogP contribution in [0.2, 0.25) is 0 Å². The molecule has 0 bridgehead atoms. The highest BCUT2D eigenvalue weighted by atomic mass is 19.1. The largest absolute Gasteiger partial charge is 0.318 e. The third-order valence-corrected chi connectivity index (χ3v) is 3.08. The quantitative estimate of drug-likeness (QED) is 0.787. The van der Waals surface area contributed by atoms with Crippen LogP contribution in [0.25, 0.3) is 5.65 Å². The number of carbonyl (C=O) groups excluding carboxylic acids is 1. The number of benzene rings is 1. The molecule has 6 heteroatoms. The van der Waals surface area contributed by atoms with Gasteiger partial charge in [-0.25, -0.2) is 13.9 Å². The molecule has 3 rings (SSSR count). The molecule has 1 amide bonds. The normalized spacial score (nSPS) is 10.8. The van der Waals surface area contributed by atoms with Crippen LogP contribution in [0.3, 0.4) is 0 Å². The average Bonchev–Trinajstić information content (AvgIpc) is 2.82. The van der Waals surface area contributed by atoms with E-state index >= 15 is 0 Å². The summed E-state index contributed by atoms with van der Waals surface area (Å²) in [6.07, 6.45) is 0. The molecule has 0 aliphatic heterocycles. The molecule has 5 nitrogen and oxygen atoms in total. The van der Waals surface area contributed by atoms with Crippen LogP contribution in [-0.4, -0.2) is 20.5 Å². The fourth-order valence-electron chi connectivity index (χ4n) is 2.10. The molecule has 0 radical (unpaired) electrons. The van der Waals surface area contributed by atoms with Crippen molar-refractivity contribution in [1.82, 2.24) is 14.6 Å². The summed E-state index contributed by atoms with van der Waals surface area (Å²) < 4.78 is 15.2. The Kier molecular flexibility index (Phi) is 3.13. The summed E-state index contributed by atoms with van der Waals surface area (Å²) in [6, 6.07) is 9.41. The van der Waals surface area contributed by atoms with Crippen molar-refractivity contribution in [1.29, 1.82) is 0 Å². The van der Waals surface area contributed by atoms with Crippen molar-refractivity contribution in [3.05, 3.63) is 59.3 Å². The van der Waals surface area contributed by atoms with Crippen molar-refractivity contribution >= 4 is 17.2 Å². The van der Waals surface area contributed by atoms with Crippen molar-refractivity contribution in [2.75, 3.05) is 5.32 Å². The van der Waals surface area contributed by atoms with Gasteiger partial charge in [-0.2, -0.15) is 5.10 Å². The highest BCUT2D eigenvalue weighted by Gasteiger charge is 2.13. The van der Waals surface area contributed by atoms with Gasteiger partial charge in [-0.15, -0.1) is 0 Å². The van der Waals surface area contributed by atoms with Crippen LogP contribution < -0.4 is 5.32 Å². The van der Waals surface area contributed by atoms with E-state index in [9.17, 15) is 9.18 Å². The molecule has 0 saturated heterocycles. The van der Waals surface area contributed by atoms with E-state index < -0.39 is 11.7 Å². The number of carbonyl (C=O) groups is 1. The molecular formula is C15H13FN4O. The zero-order valence-corrected chi connectivity index (χ0v) is 11.6. The first-order valence-electron chi connectivity index (χ1n) is 6.44. The third-order valence-electron chi connectivity index (χ3n) is 3.08. The van der Waals surface area contributed by atoms with Crippen molar-refractivity contribution < 1.29 is 9.18 Å². The number of halogens is 1. The molecule has 0 unspecified atom stereocenters.